The molecule has 2 aromatic carbocycles. The van der Waals surface area contributed by atoms with Gasteiger partial charge in [-0.1, -0.05) is 24.3 Å². The standard InChI is InChI=1S/C26H29N3O6/c1-34-21-5-3-4-18(10-21)12-27-15-26(16-27)25(33)28(23(31)22-11-20(30)14-29(22)26)13-17-6-8-19(9-7-17)24(32)35-2/h3-10,20,22,30H,11-16H2,1-2H3. The van der Waals surface area contributed by atoms with Crippen LogP contribution in [-0.2, 0) is 27.4 Å². The molecule has 0 radical (unpaired) electrons. The number of esters is 1. The number of benzene rings is 2. The maximum atomic E-state index is 13.8. The zero-order valence-corrected chi connectivity index (χ0v) is 19.8. The molecular formula is C26H29N3O6. The highest BCUT2D eigenvalue weighted by atomic mass is 16.5. The maximum Gasteiger partial charge on any atom is 0.337 e. The first-order valence-electron chi connectivity index (χ1n) is 11.7. The molecule has 1 N–H and O–H groups in total. The van der Waals surface area contributed by atoms with E-state index in [0.717, 1.165) is 16.9 Å². The predicted molar refractivity (Wildman–Crippen MR) is 125 cm³/mol. The zero-order chi connectivity index (χ0) is 24.7. The van der Waals surface area contributed by atoms with Crippen molar-refractivity contribution in [2.45, 2.75) is 37.2 Å². The van der Waals surface area contributed by atoms with Gasteiger partial charge in [-0.15, -0.1) is 0 Å². The zero-order valence-electron chi connectivity index (χ0n) is 19.8. The first-order valence-corrected chi connectivity index (χ1v) is 11.7. The smallest absolute Gasteiger partial charge is 0.337 e. The normalized spacial score (nSPS) is 23.8. The third kappa shape index (κ3) is 4.09. The van der Waals surface area contributed by atoms with Gasteiger partial charge in [-0.25, -0.2) is 4.79 Å². The number of imide groups is 1. The SMILES string of the molecule is COC(=O)c1ccc(CN2C(=O)C3CC(O)CN3C3(CN(Cc4cccc(OC)c4)C3)C2=O)cc1. The van der Waals surface area contributed by atoms with E-state index < -0.39 is 23.7 Å². The lowest BCUT2D eigenvalue weighted by Gasteiger charge is -2.58. The molecule has 3 heterocycles. The Morgan fingerprint density at radius 2 is 1.80 bits per heavy atom. The Morgan fingerprint density at radius 1 is 1.06 bits per heavy atom. The number of hydrogen-bond donors (Lipinski definition) is 1. The Bertz CT molecular complexity index is 1140. The molecule has 3 aliphatic heterocycles. The van der Waals surface area contributed by atoms with Gasteiger partial charge in [0.2, 0.25) is 5.91 Å². The molecule has 3 aliphatic rings. The molecule has 9 heteroatoms. The van der Waals surface area contributed by atoms with Crippen molar-refractivity contribution in [3.63, 3.8) is 0 Å². The number of ether oxygens (including phenoxy) is 2. The van der Waals surface area contributed by atoms with Crippen LogP contribution in [0.4, 0.5) is 0 Å². The highest BCUT2D eigenvalue weighted by Gasteiger charge is 2.64. The summed E-state index contributed by atoms with van der Waals surface area (Å²) in [4.78, 5) is 44.2. The van der Waals surface area contributed by atoms with Crippen LogP contribution in [-0.4, -0.2) is 89.1 Å². The third-order valence-electron chi connectivity index (χ3n) is 7.25. The predicted octanol–water partition coefficient (Wildman–Crippen LogP) is 1.04. The van der Waals surface area contributed by atoms with Crippen molar-refractivity contribution in [3.05, 3.63) is 65.2 Å². The van der Waals surface area contributed by atoms with Crippen LogP contribution in [0.15, 0.2) is 48.5 Å². The number of nitrogens with zero attached hydrogens (tertiary/aromatic N) is 3. The highest BCUT2D eigenvalue weighted by molar-refractivity contribution is 6.06. The summed E-state index contributed by atoms with van der Waals surface area (Å²) in [5, 5.41) is 10.4. The van der Waals surface area contributed by atoms with E-state index in [1.165, 1.54) is 12.0 Å². The molecule has 0 saturated carbocycles. The topological polar surface area (TPSA) is 99.6 Å². The summed E-state index contributed by atoms with van der Waals surface area (Å²) in [5.41, 5.74) is 1.40. The van der Waals surface area contributed by atoms with E-state index >= 15 is 0 Å². The number of rotatable bonds is 6. The second-order valence-electron chi connectivity index (χ2n) is 9.50. The number of hydrogen-bond acceptors (Lipinski definition) is 8. The van der Waals surface area contributed by atoms with Crippen LogP contribution >= 0.6 is 0 Å². The molecule has 1 spiro atoms. The van der Waals surface area contributed by atoms with Crippen LogP contribution < -0.4 is 4.74 Å². The number of likely N-dealkylation sites (tertiary alicyclic amines) is 1. The summed E-state index contributed by atoms with van der Waals surface area (Å²) >= 11 is 0. The molecule has 2 aromatic rings. The second-order valence-corrected chi connectivity index (χ2v) is 9.50. The average Bonchev–Trinajstić information content (AvgIpc) is 3.25. The fraction of sp³-hybridized carbons (Fsp3) is 0.423. The Balaban J connectivity index is 1.35. The summed E-state index contributed by atoms with van der Waals surface area (Å²) < 4.78 is 10.0. The number of aliphatic hydroxyl groups is 1. The van der Waals surface area contributed by atoms with E-state index in [1.807, 2.05) is 29.2 Å². The van der Waals surface area contributed by atoms with Crippen molar-refractivity contribution in [3.8, 4) is 5.75 Å². The number of aliphatic hydroxyl groups excluding tert-OH is 1. The van der Waals surface area contributed by atoms with Gasteiger partial charge in [0.25, 0.3) is 5.91 Å². The minimum Gasteiger partial charge on any atom is -0.497 e. The first kappa shape index (κ1) is 23.5. The molecule has 2 atom stereocenters. The van der Waals surface area contributed by atoms with Gasteiger partial charge in [-0.05, 0) is 41.8 Å². The summed E-state index contributed by atoms with van der Waals surface area (Å²) in [6.45, 7) is 2.07. The second kappa shape index (κ2) is 9.07. The first-order chi connectivity index (χ1) is 16.8. The molecule has 2 unspecified atom stereocenters. The number of carbonyl (C=O) groups excluding carboxylic acids is 3. The Morgan fingerprint density at radius 3 is 2.49 bits per heavy atom. The highest BCUT2D eigenvalue weighted by Crippen LogP contribution is 2.41. The molecule has 2 amide bonds. The van der Waals surface area contributed by atoms with Gasteiger partial charge in [0.15, 0.2) is 0 Å². The molecule has 0 aliphatic carbocycles. The molecule has 0 aromatic heterocycles. The van der Waals surface area contributed by atoms with Crippen LogP contribution in [0.5, 0.6) is 5.75 Å². The average molecular weight is 480 g/mol. The van der Waals surface area contributed by atoms with Gasteiger partial charge in [-0.3, -0.25) is 24.3 Å². The van der Waals surface area contributed by atoms with Crippen LogP contribution in [0, 0.1) is 0 Å². The van der Waals surface area contributed by atoms with Crippen LogP contribution in [0.1, 0.15) is 27.9 Å². The van der Waals surface area contributed by atoms with Crippen LogP contribution in [0.25, 0.3) is 0 Å². The molecule has 3 saturated heterocycles. The van der Waals surface area contributed by atoms with E-state index in [4.69, 9.17) is 9.47 Å². The largest absolute Gasteiger partial charge is 0.497 e. The molecule has 9 nitrogen and oxygen atoms in total. The van der Waals surface area contributed by atoms with Crippen molar-refractivity contribution in [2.75, 3.05) is 33.9 Å². The van der Waals surface area contributed by atoms with Crippen molar-refractivity contribution in [1.29, 1.82) is 0 Å². The number of piperazine rings is 1. The van der Waals surface area contributed by atoms with Crippen molar-refractivity contribution >= 4 is 17.8 Å². The third-order valence-corrected chi connectivity index (χ3v) is 7.25. The number of methoxy groups -OCH3 is 2. The van der Waals surface area contributed by atoms with Gasteiger partial charge in [-0.2, -0.15) is 0 Å². The van der Waals surface area contributed by atoms with Crippen molar-refractivity contribution in [2.24, 2.45) is 0 Å². The number of fused-ring (bicyclic) bond motifs is 2. The number of amides is 2. The van der Waals surface area contributed by atoms with Gasteiger partial charge >= 0.3 is 5.97 Å². The maximum absolute atomic E-state index is 13.8. The lowest BCUT2D eigenvalue weighted by atomic mass is 9.82. The fourth-order valence-electron chi connectivity index (χ4n) is 5.52. The molecule has 0 bridgehead atoms. The molecule has 5 rings (SSSR count). The Labute approximate surface area is 203 Å². The van der Waals surface area contributed by atoms with E-state index in [0.29, 0.717) is 38.2 Å². The summed E-state index contributed by atoms with van der Waals surface area (Å²) in [7, 11) is 2.95. The van der Waals surface area contributed by atoms with Crippen LogP contribution in [0.3, 0.4) is 0 Å². The number of carbonyl (C=O) groups is 3. The van der Waals surface area contributed by atoms with Crippen molar-refractivity contribution < 1.29 is 29.0 Å². The van der Waals surface area contributed by atoms with Gasteiger partial charge in [0.1, 0.15) is 11.3 Å². The molecule has 3 fully saturated rings. The molecule has 184 valence electrons. The van der Waals surface area contributed by atoms with Gasteiger partial charge < -0.3 is 14.6 Å². The van der Waals surface area contributed by atoms with E-state index in [-0.39, 0.29) is 18.4 Å². The lowest BCUT2D eigenvalue weighted by molar-refractivity contribution is -0.181. The fourth-order valence-corrected chi connectivity index (χ4v) is 5.52. The van der Waals surface area contributed by atoms with E-state index in [2.05, 4.69) is 4.90 Å². The summed E-state index contributed by atoms with van der Waals surface area (Å²) in [6, 6.07) is 14.0. The van der Waals surface area contributed by atoms with Crippen LogP contribution in [0.2, 0.25) is 0 Å². The lowest BCUT2D eigenvalue weighted by Crippen LogP contribution is -2.81. The Hall–Kier alpha value is -3.27. The monoisotopic (exact) mass is 479 g/mol. The van der Waals surface area contributed by atoms with Gasteiger partial charge in [0.05, 0.1) is 38.5 Å². The number of β-amino-alcohol motifs (C(OH)–C–C–N with tert-alkyl or cyclic N) is 1. The Kier molecular flexibility index (Phi) is 6.08. The summed E-state index contributed by atoms with van der Waals surface area (Å²) in [5.74, 6) is -0.168. The minimum atomic E-state index is -0.832. The van der Waals surface area contributed by atoms with E-state index in [9.17, 15) is 19.5 Å². The summed E-state index contributed by atoms with van der Waals surface area (Å²) in [6.07, 6.45) is -0.318. The molecular weight excluding hydrogens is 450 g/mol. The van der Waals surface area contributed by atoms with Crippen molar-refractivity contribution in [1.82, 2.24) is 14.7 Å². The quantitative estimate of drug-likeness (QED) is 0.485. The van der Waals surface area contributed by atoms with Gasteiger partial charge in [0, 0.05) is 26.2 Å². The minimum absolute atomic E-state index is 0.122. The molecule has 35 heavy (non-hydrogen) atoms. The van der Waals surface area contributed by atoms with E-state index in [1.54, 1.807) is 31.4 Å².